The summed E-state index contributed by atoms with van der Waals surface area (Å²) in [6.07, 6.45) is 1.77. The van der Waals surface area contributed by atoms with Gasteiger partial charge in [0.15, 0.2) is 0 Å². The summed E-state index contributed by atoms with van der Waals surface area (Å²) in [5.41, 5.74) is 1.97. The van der Waals surface area contributed by atoms with E-state index < -0.39 is 0 Å². The normalized spacial score (nSPS) is 19.5. The molecule has 0 aromatic heterocycles. The van der Waals surface area contributed by atoms with E-state index in [4.69, 9.17) is 26.1 Å². The second-order valence-corrected chi connectivity index (χ2v) is 6.91. The van der Waals surface area contributed by atoms with E-state index in [0.29, 0.717) is 23.9 Å². The predicted octanol–water partition coefficient (Wildman–Crippen LogP) is 4.20. The minimum atomic E-state index is -0.197. The Balaban J connectivity index is 1.49. The van der Waals surface area contributed by atoms with Crippen molar-refractivity contribution in [3.8, 4) is 5.75 Å². The van der Waals surface area contributed by atoms with E-state index >= 15 is 0 Å². The number of nitrogens with zero attached hydrogens (tertiary/aromatic N) is 1. The summed E-state index contributed by atoms with van der Waals surface area (Å²) in [6.45, 7) is 2.49. The summed E-state index contributed by atoms with van der Waals surface area (Å²) in [6, 6.07) is 15.7. The van der Waals surface area contributed by atoms with Gasteiger partial charge in [0, 0.05) is 26.1 Å². The molecule has 2 N–H and O–H groups in total. The minimum absolute atomic E-state index is 0.197. The van der Waals surface area contributed by atoms with Crippen molar-refractivity contribution in [1.29, 1.82) is 0 Å². The Bertz CT molecular complexity index is 803. The van der Waals surface area contributed by atoms with Crippen LogP contribution in [-0.4, -0.2) is 37.7 Å². The molecule has 0 saturated carbocycles. The summed E-state index contributed by atoms with van der Waals surface area (Å²) in [5.74, 6) is 1.65. The summed E-state index contributed by atoms with van der Waals surface area (Å²) < 4.78 is 11.3. The van der Waals surface area contributed by atoms with Gasteiger partial charge in [-0.15, -0.1) is 0 Å². The number of ether oxygens (including phenoxy) is 2. The number of fused-ring (bicyclic) bond motifs is 1. The molecule has 5 nitrogen and oxygen atoms in total. The van der Waals surface area contributed by atoms with Gasteiger partial charge in [-0.2, -0.15) is 0 Å². The quantitative estimate of drug-likeness (QED) is 0.791. The third-order valence-corrected chi connectivity index (χ3v) is 5.12. The van der Waals surface area contributed by atoms with Gasteiger partial charge in [-0.3, -0.25) is 4.99 Å². The van der Waals surface area contributed by atoms with Gasteiger partial charge in [-0.05, 0) is 24.3 Å². The highest BCUT2D eigenvalue weighted by Crippen LogP contribution is 2.36. The number of amidine groups is 1. The number of para-hydroxylation sites is 3. The molecule has 136 valence electrons. The average Bonchev–Trinajstić information content (AvgIpc) is 2.67. The number of halogens is 1. The highest BCUT2D eigenvalue weighted by Gasteiger charge is 2.41. The molecule has 6 heteroatoms. The first kappa shape index (κ1) is 17.2. The van der Waals surface area contributed by atoms with Crippen LogP contribution in [0.2, 0.25) is 5.02 Å². The van der Waals surface area contributed by atoms with Gasteiger partial charge in [0.05, 0.1) is 28.5 Å². The van der Waals surface area contributed by atoms with E-state index in [-0.39, 0.29) is 5.54 Å². The fourth-order valence-electron chi connectivity index (χ4n) is 3.41. The lowest BCUT2D eigenvalue weighted by atomic mass is 9.86. The monoisotopic (exact) mass is 371 g/mol. The lowest BCUT2D eigenvalue weighted by molar-refractivity contribution is 0.0778. The van der Waals surface area contributed by atoms with Crippen LogP contribution in [0.5, 0.6) is 5.75 Å². The zero-order valence-corrected chi connectivity index (χ0v) is 15.3. The van der Waals surface area contributed by atoms with Crippen molar-refractivity contribution in [2.45, 2.75) is 18.4 Å². The molecule has 2 aromatic carbocycles. The fourth-order valence-corrected chi connectivity index (χ4v) is 3.60. The standard InChI is InChI=1S/C20H22ClN3O2/c21-15-5-1-4-8-18(15)26-14-11-22-19-20(9-12-25-13-10-20)24-17-7-3-2-6-16(17)23-19/h1-8,24H,9-14H2,(H,22,23). The van der Waals surface area contributed by atoms with Crippen molar-refractivity contribution >= 4 is 28.8 Å². The molecule has 0 unspecified atom stereocenters. The van der Waals surface area contributed by atoms with Gasteiger partial charge in [-0.25, -0.2) is 0 Å². The number of anilines is 2. The summed E-state index contributed by atoms with van der Waals surface area (Å²) in [4.78, 5) is 4.82. The van der Waals surface area contributed by atoms with Crippen LogP contribution in [0, 0.1) is 0 Å². The number of hydrogen-bond acceptors (Lipinski definition) is 4. The maximum absolute atomic E-state index is 6.13. The fraction of sp³-hybridized carbons (Fsp3) is 0.350. The summed E-state index contributed by atoms with van der Waals surface area (Å²) in [5, 5.41) is 7.83. The number of rotatable bonds is 4. The highest BCUT2D eigenvalue weighted by atomic mass is 35.5. The van der Waals surface area contributed by atoms with Crippen molar-refractivity contribution in [2.75, 3.05) is 37.0 Å². The third kappa shape index (κ3) is 3.50. The smallest absolute Gasteiger partial charge is 0.137 e. The van der Waals surface area contributed by atoms with E-state index in [0.717, 1.165) is 43.3 Å². The van der Waals surface area contributed by atoms with E-state index in [9.17, 15) is 0 Å². The SMILES string of the molecule is Clc1ccccc1OCCN=C1Nc2ccccc2NC12CCOCC2. The Kier molecular flexibility index (Phi) is 5.00. The molecule has 0 radical (unpaired) electrons. The Morgan fingerprint density at radius 2 is 1.77 bits per heavy atom. The molecular formula is C20H22ClN3O2. The first-order valence-electron chi connectivity index (χ1n) is 8.91. The van der Waals surface area contributed by atoms with Gasteiger partial charge in [-0.1, -0.05) is 35.9 Å². The molecule has 0 aliphatic carbocycles. The molecule has 4 rings (SSSR count). The predicted molar refractivity (Wildman–Crippen MR) is 106 cm³/mol. The van der Waals surface area contributed by atoms with Crippen molar-refractivity contribution in [1.82, 2.24) is 0 Å². The van der Waals surface area contributed by atoms with Crippen LogP contribution in [0.25, 0.3) is 0 Å². The Labute approximate surface area is 158 Å². The maximum atomic E-state index is 6.13. The van der Waals surface area contributed by atoms with Crippen LogP contribution in [0.15, 0.2) is 53.5 Å². The number of aliphatic imine (C=N–C) groups is 1. The molecule has 1 spiro atoms. The largest absolute Gasteiger partial charge is 0.490 e. The van der Waals surface area contributed by atoms with Gasteiger partial charge >= 0.3 is 0 Å². The van der Waals surface area contributed by atoms with E-state index in [2.05, 4.69) is 22.8 Å². The van der Waals surface area contributed by atoms with Gasteiger partial charge in [0.1, 0.15) is 18.2 Å². The Hall–Kier alpha value is -2.24. The second kappa shape index (κ2) is 7.56. The van der Waals surface area contributed by atoms with Crippen LogP contribution in [-0.2, 0) is 4.74 Å². The van der Waals surface area contributed by atoms with Crippen molar-refractivity contribution in [3.05, 3.63) is 53.6 Å². The van der Waals surface area contributed by atoms with E-state index in [1.807, 2.05) is 36.4 Å². The molecule has 2 heterocycles. The number of hydrogen-bond donors (Lipinski definition) is 2. The first-order valence-corrected chi connectivity index (χ1v) is 9.29. The molecular weight excluding hydrogens is 350 g/mol. The van der Waals surface area contributed by atoms with Gasteiger partial charge in [0.2, 0.25) is 0 Å². The van der Waals surface area contributed by atoms with Crippen LogP contribution in [0.1, 0.15) is 12.8 Å². The minimum Gasteiger partial charge on any atom is -0.490 e. The average molecular weight is 372 g/mol. The Morgan fingerprint density at radius 3 is 2.58 bits per heavy atom. The highest BCUT2D eigenvalue weighted by molar-refractivity contribution is 6.32. The van der Waals surface area contributed by atoms with Crippen LogP contribution in [0.3, 0.4) is 0 Å². The molecule has 0 atom stereocenters. The van der Waals surface area contributed by atoms with Crippen molar-refractivity contribution in [2.24, 2.45) is 4.99 Å². The molecule has 1 saturated heterocycles. The second-order valence-electron chi connectivity index (χ2n) is 6.50. The number of nitrogens with one attached hydrogen (secondary N) is 2. The van der Waals surface area contributed by atoms with E-state index in [1.54, 1.807) is 0 Å². The van der Waals surface area contributed by atoms with Gasteiger partial charge < -0.3 is 20.1 Å². The summed E-state index contributed by atoms with van der Waals surface area (Å²) in [7, 11) is 0. The molecule has 0 bridgehead atoms. The lowest BCUT2D eigenvalue weighted by Crippen LogP contribution is -2.55. The zero-order chi connectivity index (χ0) is 17.8. The van der Waals surface area contributed by atoms with Crippen molar-refractivity contribution < 1.29 is 9.47 Å². The lowest BCUT2D eigenvalue weighted by Gasteiger charge is -2.43. The number of benzene rings is 2. The van der Waals surface area contributed by atoms with Crippen LogP contribution >= 0.6 is 11.6 Å². The topological polar surface area (TPSA) is 54.9 Å². The Morgan fingerprint density at radius 1 is 1.04 bits per heavy atom. The van der Waals surface area contributed by atoms with Crippen LogP contribution < -0.4 is 15.4 Å². The molecule has 26 heavy (non-hydrogen) atoms. The third-order valence-electron chi connectivity index (χ3n) is 4.81. The van der Waals surface area contributed by atoms with Crippen molar-refractivity contribution in [3.63, 3.8) is 0 Å². The van der Waals surface area contributed by atoms with Crippen LogP contribution in [0.4, 0.5) is 11.4 Å². The molecule has 2 aliphatic rings. The molecule has 1 fully saturated rings. The summed E-state index contributed by atoms with van der Waals surface area (Å²) >= 11 is 6.13. The van der Waals surface area contributed by atoms with Gasteiger partial charge in [0.25, 0.3) is 0 Å². The zero-order valence-electron chi connectivity index (χ0n) is 14.5. The van der Waals surface area contributed by atoms with E-state index in [1.165, 1.54) is 0 Å². The molecule has 2 aromatic rings. The first-order chi connectivity index (χ1) is 12.8. The molecule has 2 aliphatic heterocycles. The maximum Gasteiger partial charge on any atom is 0.137 e. The molecule has 0 amide bonds.